The lowest BCUT2D eigenvalue weighted by atomic mass is 10.0. The highest BCUT2D eigenvalue weighted by atomic mass is 35.5. The second-order valence-electron chi connectivity index (χ2n) is 7.20. The van der Waals surface area contributed by atoms with Crippen molar-refractivity contribution in [2.45, 2.75) is 27.2 Å². The van der Waals surface area contributed by atoms with Crippen LogP contribution in [0.15, 0.2) is 24.3 Å². The molecule has 3 N–H and O–H groups in total. The molecule has 176 valence electrons. The monoisotopic (exact) mass is 477 g/mol. The lowest BCUT2D eigenvalue weighted by molar-refractivity contribution is -0.131. The Balaban J connectivity index is 0.00000149. The second kappa shape index (κ2) is 10.2. The largest absolute Gasteiger partial charge is 0.507 e. The molecule has 1 saturated heterocycles. The van der Waals surface area contributed by atoms with E-state index in [0.29, 0.717) is 43.8 Å². The number of nitrogen functional groups attached to an aromatic ring is 1. The van der Waals surface area contributed by atoms with E-state index in [1.54, 1.807) is 4.90 Å². The van der Waals surface area contributed by atoms with Gasteiger partial charge in [-0.05, 0) is 18.2 Å². The van der Waals surface area contributed by atoms with Gasteiger partial charge in [-0.3, -0.25) is 4.79 Å². The minimum atomic E-state index is -0.905. The van der Waals surface area contributed by atoms with Crippen LogP contribution in [0.4, 0.5) is 20.5 Å². The van der Waals surface area contributed by atoms with E-state index < -0.39 is 17.4 Å². The molecular formula is C23H26ClF2N5O2. The van der Waals surface area contributed by atoms with E-state index in [2.05, 4.69) is 9.97 Å². The number of phenols is 1. The molecule has 0 spiro atoms. The molecular weight excluding hydrogens is 452 g/mol. The number of fused-ring (bicyclic) bond motifs is 1. The molecule has 3 aromatic rings. The molecule has 10 heteroatoms. The van der Waals surface area contributed by atoms with Crippen molar-refractivity contribution >= 4 is 40.2 Å². The maximum atomic E-state index is 15.5. The number of hydrogen-bond donors (Lipinski definition) is 2. The number of nitrogens with two attached hydrogens (primary N) is 1. The van der Waals surface area contributed by atoms with Gasteiger partial charge >= 0.3 is 0 Å². The van der Waals surface area contributed by atoms with Gasteiger partial charge in [-0.1, -0.05) is 38.4 Å². The van der Waals surface area contributed by atoms with Crippen molar-refractivity contribution < 1.29 is 18.7 Å². The Kier molecular flexibility index (Phi) is 7.53. The maximum Gasteiger partial charge on any atom is 0.222 e. The first-order chi connectivity index (χ1) is 15.8. The van der Waals surface area contributed by atoms with E-state index in [0.717, 1.165) is 6.07 Å². The van der Waals surface area contributed by atoms with Crippen LogP contribution in [0.25, 0.3) is 22.0 Å². The average Bonchev–Trinajstić information content (AvgIpc) is 2.82. The van der Waals surface area contributed by atoms with Gasteiger partial charge in [0.2, 0.25) is 11.9 Å². The Morgan fingerprint density at radius 2 is 1.82 bits per heavy atom. The number of anilines is 2. The van der Waals surface area contributed by atoms with Gasteiger partial charge in [0.25, 0.3) is 0 Å². The van der Waals surface area contributed by atoms with Crippen LogP contribution in [0, 0.1) is 11.6 Å². The summed E-state index contributed by atoms with van der Waals surface area (Å²) in [7, 11) is 0. The van der Waals surface area contributed by atoms with Crippen LogP contribution in [0.3, 0.4) is 0 Å². The number of nitrogens with zero attached hydrogens (tertiary/aromatic N) is 4. The molecule has 1 amide bonds. The van der Waals surface area contributed by atoms with Crippen LogP contribution in [0.1, 0.15) is 27.2 Å². The molecule has 4 rings (SSSR count). The molecule has 0 aliphatic carbocycles. The number of aromatic hydroxyl groups is 1. The zero-order chi connectivity index (χ0) is 24.3. The van der Waals surface area contributed by atoms with E-state index in [4.69, 9.17) is 17.3 Å². The van der Waals surface area contributed by atoms with Crippen LogP contribution in [-0.2, 0) is 4.79 Å². The summed E-state index contributed by atoms with van der Waals surface area (Å²) in [6.45, 7) is 7.76. The third kappa shape index (κ3) is 4.64. The summed E-state index contributed by atoms with van der Waals surface area (Å²) in [6.07, 6.45) is 0.426. The number of aromatic nitrogens is 2. The summed E-state index contributed by atoms with van der Waals surface area (Å²) < 4.78 is 29.9. The van der Waals surface area contributed by atoms with E-state index >= 15 is 4.39 Å². The lowest BCUT2D eigenvalue weighted by Gasteiger charge is -2.35. The van der Waals surface area contributed by atoms with Crippen LogP contribution in [0.5, 0.6) is 5.75 Å². The number of benzene rings is 2. The van der Waals surface area contributed by atoms with Gasteiger partial charge < -0.3 is 20.6 Å². The van der Waals surface area contributed by atoms with Crippen molar-refractivity contribution in [2.75, 3.05) is 36.8 Å². The normalized spacial score (nSPS) is 13.6. The number of piperazine rings is 1. The maximum absolute atomic E-state index is 15.5. The summed E-state index contributed by atoms with van der Waals surface area (Å²) in [5.74, 6) is -1.87. The predicted octanol–water partition coefficient (Wildman–Crippen LogP) is 4.60. The molecule has 1 aromatic heterocycles. The molecule has 0 radical (unpaired) electrons. The number of carbonyl (C=O) groups excluding carboxylic acids is 1. The van der Waals surface area contributed by atoms with Gasteiger partial charge in [-0.25, -0.2) is 13.8 Å². The number of carbonyl (C=O) groups is 1. The first kappa shape index (κ1) is 24.4. The highest BCUT2D eigenvalue weighted by Gasteiger charge is 2.27. The molecule has 0 unspecified atom stereocenters. The molecule has 2 heterocycles. The molecule has 33 heavy (non-hydrogen) atoms. The summed E-state index contributed by atoms with van der Waals surface area (Å²) in [5, 5.41) is 10.3. The summed E-state index contributed by atoms with van der Waals surface area (Å²) >= 11 is 6.35. The quantitative estimate of drug-likeness (QED) is 0.572. The Morgan fingerprint density at radius 1 is 1.15 bits per heavy atom. The fourth-order valence-corrected chi connectivity index (χ4v) is 4.11. The van der Waals surface area contributed by atoms with E-state index in [1.807, 2.05) is 25.7 Å². The number of rotatable bonds is 3. The van der Waals surface area contributed by atoms with Gasteiger partial charge in [-0.15, -0.1) is 0 Å². The number of halogens is 3. The van der Waals surface area contributed by atoms with Crippen LogP contribution in [-0.4, -0.2) is 52.1 Å². The Hall–Kier alpha value is -3.20. The fraction of sp³-hybridized carbons (Fsp3) is 0.348. The first-order valence-corrected chi connectivity index (χ1v) is 11.1. The zero-order valence-electron chi connectivity index (χ0n) is 18.7. The smallest absolute Gasteiger partial charge is 0.222 e. The first-order valence-electron chi connectivity index (χ1n) is 10.8. The minimum absolute atomic E-state index is 0.0649. The van der Waals surface area contributed by atoms with E-state index in [-0.39, 0.29) is 33.5 Å². The predicted molar refractivity (Wildman–Crippen MR) is 126 cm³/mol. The highest BCUT2D eigenvalue weighted by Crippen LogP contribution is 2.42. The van der Waals surface area contributed by atoms with Gasteiger partial charge in [0.05, 0.1) is 10.6 Å². The van der Waals surface area contributed by atoms with Gasteiger partial charge in [0.1, 0.15) is 22.9 Å². The standard InChI is InChI=1S/C21H20ClF2N5O2.C2H6/c1-2-15(31)28-6-8-29(9-7-28)20-11-10-12(22)16(17-13(23)4-3-5-14(17)30)18(24)19(11)26-21(25)27-20;1-2/h3-5,10,30H,2,6-9H2,1H3,(H2,25,26,27);1-2H3. The Bertz CT molecular complexity index is 1160. The molecule has 7 nitrogen and oxygen atoms in total. The third-order valence-electron chi connectivity index (χ3n) is 5.36. The van der Waals surface area contributed by atoms with Crippen LogP contribution < -0.4 is 10.6 Å². The molecule has 2 aromatic carbocycles. The highest BCUT2D eigenvalue weighted by molar-refractivity contribution is 6.34. The Labute approximate surface area is 195 Å². The molecule has 1 aliphatic rings. The summed E-state index contributed by atoms with van der Waals surface area (Å²) in [5.41, 5.74) is 5.07. The average molecular weight is 478 g/mol. The molecule has 0 bridgehead atoms. The van der Waals surface area contributed by atoms with Crippen molar-refractivity contribution in [3.05, 3.63) is 40.9 Å². The van der Waals surface area contributed by atoms with E-state index in [9.17, 15) is 14.3 Å². The van der Waals surface area contributed by atoms with Gasteiger partial charge in [0.15, 0.2) is 5.82 Å². The third-order valence-corrected chi connectivity index (χ3v) is 5.65. The summed E-state index contributed by atoms with van der Waals surface area (Å²) in [4.78, 5) is 23.9. The molecule has 0 atom stereocenters. The van der Waals surface area contributed by atoms with Gasteiger partial charge in [0, 0.05) is 43.5 Å². The van der Waals surface area contributed by atoms with Crippen molar-refractivity contribution in [1.82, 2.24) is 14.9 Å². The summed E-state index contributed by atoms with van der Waals surface area (Å²) in [6, 6.07) is 5.10. The zero-order valence-corrected chi connectivity index (χ0v) is 19.5. The fourth-order valence-electron chi connectivity index (χ4n) is 3.82. The number of hydrogen-bond acceptors (Lipinski definition) is 6. The Morgan fingerprint density at radius 3 is 2.42 bits per heavy atom. The SMILES string of the molecule is CC.CCC(=O)N1CCN(c2nc(N)nc3c(F)c(-c4c(O)cccc4F)c(Cl)cc23)CC1. The van der Waals surface area contributed by atoms with Crippen molar-refractivity contribution in [3.63, 3.8) is 0 Å². The topological polar surface area (TPSA) is 95.6 Å². The van der Waals surface area contributed by atoms with Crippen molar-refractivity contribution in [1.29, 1.82) is 0 Å². The second-order valence-corrected chi connectivity index (χ2v) is 7.61. The number of phenolic OH excluding ortho intramolecular Hbond substituents is 1. The molecule has 1 aliphatic heterocycles. The van der Waals surface area contributed by atoms with Crippen molar-refractivity contribution in [2.24, 2.45) is 0 Å². The van der Waals surface area contributed by atoms with Gasteiger partial charge in [-0.2, -0.15) is 4.98 Å². The van der Waals surface area contributed by atoms with E-state index in [1.165, 1.54) is 18.2 Å². The van der Waals surface area contributed by atoms with Crippen LogP contribution >= 0.6 is 11.6 Å². The molecule has 1 fully saturated rings. The minimum Gasteiger partial charge on any atom is -0.507 e. The number of amides is 1. The lowest BCUT2D eigenvalue weighted by Crippen LogP contribution is -2.49. The van der Waals surface area contributed by atoms with Crippen molar-refractivity contribution in [3.8, 4) is 16.9 Å². The molecule has 0 saturated carbocycles. The van der Waals surface area contributed by atoms with Crippen LogP contribution in [0.2, 0.25) is 5.02 Å².